The van der Waals surface area contributed by atoms with Crippen LogP contribution in [0.15, 0.2) is 62.6 Å². The number of nitrogens with zero attached hydrogens (tertiary/aromatic N) is 1. The first-order valence-corrected chi connectivity index (χ1v) is 10.5. The summed E-state index contributed by atoms with van der Waals surface area (Å²) in [5.41, 5.74) is 1.21. The van der Waals surface area contributed by atoms with Crippen LogP contribution in [0.2, 0.25) is 0 Å². The number of amides is 1. The summed E-state index contributed by atoms with van der Waals surface area (Å²) in [5, 5.41) is 20.1. The zero-order valence-electron chi connectivity index (χ0n) is 18.9. The lowest BCUT2D eigenvalue weighted by molar-refractivity contribution is 0.0601. The van der Waals surface area contributed by atoms with Gasteiger partial charge in [0.15, 0.2) is 11.7 Å². The molecule has 1 unspecified atom stereocenters. The Bertz CT molecular complexity index is 1070. The molecule has 170 valence electrons. The third kappa shape index (κ3) is 6.01. The zero-order valence-corrected chi connectivity index (χ0v) is 18.9. The van der Waals surface area contributed by atoms with Gasteiger partial charge in [-0.25, -0.2) is 4.99 Å². The van der Waals surface area contributed by atoms with E-state index in [0.717, 1.165) is 16.9 Å². The number of hydrogen-bond acceptors (Lipinski definition) is 5. The molecule has 0 radical (unpaired) electrons. The van der Waals surface area contributed by atoms with E-state index in [9.17, 15) is 9.90 Å². The van der Waals surface area contributed by atoms with Gasteiger partial charge >= 0.3 is 0 Å². The maximum absolute atomic E-state index is 12.2. The molecule has 0 fully saturated rings. The molecule has 3 rings (SSSR count). The Kier molecular flexibility index (Phi) is 7.37. The highest BCUT2D eigenvalue weighted by Gasteiger charge is 2.27. The second-order valence-corrected chi connectivity index (χ2v) is 7.78. The molecule has 2 aromatic heterocycles. The number of aliphatic hydroxyl groups is 1. The summed E-state index contributed by atoms with van der Waals surface area (Å²) in [4.78, 5) is 16.8. The van der Waals surface area contributed by atoms with E-state index in [1.54, 1.807) is 19.1 Å². The van der Waals surface area contributed by atoms with Crippen molar-refractivity contribution in [3.63, 3.8) is 0 Å². The van der Waals surface area contributed by atoms with Gasteiger partial charge in [-0.2, -0.15) is 0 Å². The fraction of sp³-hybridized carbons (Fsp3) is 0.333. The average molecular weight is 439 g/mol. The molecule has 1 aromatic carbocycles. The summed E-state index contributed by atoms with van der Waals surface area (Å²) in [6.07, 6.45) is 1.46. The summed E-state index contributed by atoms with van der Waals surface area (Å²) in [7, 11) is 0. The van der Waals surface area contributed by atoms with E-state index in [-0.39, 0.29) is 18.2 Å². The monoisotopic (exact) mass is 438 g/mol. The van der Waals surface area contributed by atoms with Crippen LogP contribution >= 0.6 is 0 Å². The molecule has 2 heterocycles. The van der Waals surface area contributed by atoms with E-state index in [4.69, 9.17) is 8.83 Å². The number of carbonyl (C=O) groups is 1. The maximum Gasteiger partial charge on any atom is 0.291 e. The van der Waals surface area contributed by atoms with Gasteiger partial charge in [-0.05, 0) is 63.6 Å². The molecule has 1 atom stereocenters. The number of aliphatic imine (C=N–C) groups is 1. The molecular formula is C24H30N4O4. The van der Waals surface area contributed by atoms with Crippen LogP contribution in [0.5, 0.6) is 0 Å². The second-order valence-electron chi connectivity index (χ2n) is 7.78. The SMILES string of the molecule is CCNC(=NCc1cccc(NC(=O)c2ccco2)c1)NCC(C)(O)c1cc(C)oc1C. The third-order valence-electron chi connectivity index (χ3n) is 4.92. The van der Waals surface area contributed by atoms with Gasteiger partial charge in [-0.15, -0.1) is 0 Å². The van der Waals surface area contributed by atoms with Gasteiger partial charge in [-0.3, -0.25) is 4.79 Å². The maximum atomic E-state index is 12.2. The molecule has 0 saturated heterocycles. The molecule has 0 bridgehead atoms. The van der Waals surface area contributed by atoms with Crippen molar-refractivity contribution in [2.45, 2.75) is 39.8 Å². The number of furan rings is 2. The van der Waals surface area contributed by atoms with E-state index >= 15 is 0 Å². The summed E-state index contributed by atoms with van der Waals surface area (Å²) >= 11 is 0. The van der Waals surface area contributed by atoms with Gasteiger partial charge in [0.05, 0.1) is 19.4 Å². The van der Waals surface area contributed by atoms with Crippen molar-refractivity contribution in [2.75, 3.05) is 18.4 Å². The lowest BCUT2D eigenvalue weighted by Crippen LogP contribution is -2.44. The van der Waals surface area contributed by atoms with E-state index in [2.05, 4.69) is 20.9 Å². The number of rotatable bonds is 8. The Balaban J connectivity index is 1.64. The van der Waals surface area contributed by atoms with Gasteiger partial charge in [0, 0.05) is 17.8 Å². The minimum Gasteiger partial charge on any atom is -0.466 e. The number of guanidine groups is 1. The first-order chi connectivity index (χ1) is 15.3. The lowest BCUT2D eigenvalue weighted by Gasteiger charge is -2.24. The standard InChI is InChI=1S/C24H30N4O4/c1-5-25-23(27-15-24(4,30)20-12-16(2)32-17(20)3)26-14-18-8-6-9-19(13-18)28-22(29)21-10-7-11-31-21/h6-13,30H,5,14-15H2,1-4H3,(H,28,29)(H2,25,26,27). The minimum absolute atomic E-state index is 0.252. The highest BCUT2D eigenvalue weighted by molar-refractivity contribution is 6.02. The normalized spacial score (nSPS) is 13.5. The van der Waals surface area contributed by atoms with Crippen LogP contribution in [-0.4, -0.2) is 30.1 Å². The molecule has 8 heteroatoms. The predicted octanol–water partition coefficient (Wildman–Crippen LogP) is 3.70. The average Bonchev–Trinajstić information content (AvgIpc) is 3.40. The van der Waals surface area contributed by atoms with E-state index < -0.39 is 5.60 Å². The number of benzene rings is 1. The van der Waals surface area contributed by atoms with Crippen LogP contribution in [0.1, 0.15) is 47.0 Å². The first-order valence-electron chi connectivity index (χ1n) is 10.5. The molecular weight excluding hydrogens is 408 g/mol. The molecule has 4 N–H and O–H groups in total. The van der Waals surface area contributed by atoms with Crippen molar-refractivity contribution in [1.29, 1.82) is 0 Å². The Hall–Kier alpha value is -3.52. The Morgan fingerprint density at radius 1 is 1.16 bits per heavy atom. The molecule has 0 aliphatic heterocycles. The van der Waals surface area contributed by atoms with Crippen molar-refractivity contribution < 1.29 is 18.7 Å². The Morgan fingerprint density at radius 2 is 1.97 bits per heavy atom. The molecule has 3 aromatic rings. The lowest BCUT2D eigenvalue weighted by atomic mass is 9.96. The largest absolute Gasteiger partial charge is 0.466 e. The fourth-order valence-corrected chi connectivity index (χ4v) is 3.38. The zero-order chi connectivity index (χ0) is 23.1. The van der Waals surface area contributed by atoms with Gasteiger partial charge in [0.25, 0.3) is 5.91 Å². The second kappa shape index (κ2) is 10.2. The Morgan fingerprint density at radius 3 is 2.62 bits per heavy atom. The van der Waals surface area contributed by atoms with E-state index in [1.165, 1.54) is 6.26 Å². The Labute approximate surface area is 187 Å². The van der Waals surface area contributed by atoms with Crippen molar-refractivity contribution >= 4 is 17.6 Å². The van der Waals surface area contributed by atoms with Crippen LogP contribution in [0.3, 0.4) is 0 Å². The molecule has 32 heavy (non-hydrogen) atoms. The quantitative estimate of drug-likeness (QED) is 0.315. The van der Waals surface area contributed by atoms with Crippen LogP contribution < -0.4 is 16.0 Å². The van der Waals surface area contributed by atoms with Gasteiger partial charge in [-0.1, -0.05) is 12.1 Å². The van der Waals surface area contributed by atoms with Gasteiger partial charge in [0.2, 0.25) is 0 Å². The summed E-state index contributed by atoms with van der Waals surface area (Å²) < 4.78 is 10.7. The van der Waals surface area contributed by atoms with Crippen molar-refractivity contribution in [3.8, 4) is 0 Å². The highest BCUT2D eigenvalue weighted by atomic mass is 16.3. The van der Waals surface area contributed by atoms with E-state index in [1.807, 2.05) is 51.1 Å². The highest BCUT2D eigenvalue weighted by Crippen LogP contribution is 2.26. The van der Waals surface area contributed by atoms with Crippen molar-refractivity contribution in [3.05, 3.63) is 77.1 Å². The number of carbonyl (C=O) groups excluding carboxylic acids is 1. The smallest absolute Gasteiger partial charge is 0.291 e. The fourth-order valence-electron chi connectivity index (χ4n) is 3.38. The van der Waals surface area contributed by atoms with Gasteiger partial charge in [0.1, 0.15) is 17.1 Å². The van der Waals surface area contributed by atoms with Crippen LogP contribution in [0, 0.1) is 13.8 Å². The third-order valence-corrected chi connectivity index (χ3v) is 4.92. The minimum atomic E-state index is -1.12. The van der Waals surface area contributed by atoms with Gasteiger partial charge < -0.3 is 29.9 Å². The van der Waals surface area contributed by atoms with Crippen LogP contribution in [0.4, 0.5) is 5.69 Å². The van der Waals surface area contributed by atoms with Crippen LogP contribution in [0.25, 0.3) is 0 Å². The molecule has 0 aliphatic rings. The van der Waals surface area contributed by atoms with Crippen molar-refractivity contribution in [1.82, 2.24) is 10.6 Å². The molecule has 1 amide bonds. The first kappa shape index (κ1) is 23.1. The summed E-state index contributed by atoms with van der Waals surface area (Å²) in [6.45, 7) is 8.75. The topological polar surface area (TPSA) is 112 Å². The predicted molar refractivity (Wildman–Crippen MR) is 124 cm³/mol. The number of anilines is 1. The number of nitrogens with one attached hydrogen (secondary N) is 3. The van der Waals surface area contributed by atoms with E-state index in [0.29, 0.717) is 30.5 Å². The molecule has 0 saturated carbocycles. The molecule has 0 aliphatic carbocycles. The van der Waals surface area contributed by atoms with Crippen LogP contribution in [-0.2, 0) is 12.1 Å². The van der Waals surface area contributed by atoms with Crippen molar-refractivity contribution in [2.24, 2.45) is 4.99 Å². The molecule has 8 nitrogen and oxygen atoms in total. The summed E-state index contributed by atoms with van der Waals surface area (Å²) in [6, 6.07) is 12.6. The molecule has 0 spiro atoms. The number of aryl methyl sites for hydroxylation is 2. The number of hydrogen-bond donors (Lipinski definition) is 4. The summed E-state index contributed by atoms with van der Waals surface area (Å²) in [5.74, 6) is 1.98.